The molecule has 0 bridgehead atoms. The van der Waals surface area contributed by atoms with Gasteiger partial charge in [0.2, 0.25) is 0 Å². The van der Waals surface area contributed by atoms with Gasteiger partial charge >= 0.3 is 0 Å². The minimum absolute atomic E-state index is 0.119. The molecule has 0 aromatic heterocycles. The Morgan fingerprint density at radius 2 is 1.86 bits per heavy atom. The third kappa shape index (κ3) is 2.10. The average Bonchev–Trinajstić information content (AvgIpc) is 2.76. The van der Waals surface area contributed by atoms with Crippen LogP contribution in [0, 0.1) is 0 Å². The van der Waals surface area contributed by atoms with Gasteiger partial charge in [0.25, 0.3) is 5.91 Å². The zero-order chi connectivity index (χ0) is 15.9. The number of hydrogen-bond donors (Lipinski definition) is 2. The maximum atomic E-state index is 12.9. The van der Waals surface area contributed by atoms with Crippen LogP contribution in [-0.2, 0) is 10.3 Å². The van der Waals surface area contributed by atoms with Crippen LogP contribution in [0.1, 0.15) is 11.1 Å². The van der Waals surface area contributed by atoms with Crippen molar-refractivity contribution in [2.45, 2.75) is 5.54 Å². The lowest BCUT2D eigenvalue weighted by Crippen LogP contribution is -2.44. The molecule has 0 aliphatic carbocycles. The molecule has 3 rings (SSSR count). The zero-order valence-corrected chi connectivity index (χ0v) is 14.1. The molecule has 2 aromatic rings. The largest absolute Gasteiger partial charge is 0.507 e. The number of nitrogens with zero attached hydrogens (tertiary/aromatic N) is 1. The normalized spacial score (nSPS) is 21.1. The summed E-state index contributed by atoms with van der Waals surface area (Å²) in [5, 5.41) is 13.2. The fourth-order valence-corrected chi connectivity index (χ4v) is 3.24. The summed E-state index contributed by atoms with van der Waals surface area (Å²) in [6.45, 7) is 0. The van der Waals surface area contributed by atoms with Gasteiger partial charge in [-0.15, -0.1) is 0 Å². The highest BCUT2D eigenvalue weighted by Gasteiger charge is 2.50. The molecule has 0 spiro atoms. The molecule has 2 aromatic carbocycles. The van der Waals surface area contributed by atoms with E-state index in [9.17, 15) is 9.90 Å². The van der Waals surface area contributed by atoms with Crippen LogP contribution < -0.4 is 5.32 Å². The molecule has 0 saturated carbocycles. The summed E-state index contributed by atoms with van der Waals surface area (Å²) in [7, 11) is 1.65. The number of thiocarbonyl (C=S) groups is 1. The van der Waals surface area contributed by atoms with Crippen molar-refractivity contribution in [2.75, 3.05) is 7.05 Å². The topological polar surface area (TPSA) is 52.6 Å². The van der Waals surface area contributed by atoms with Crippen molar-refractivity contribution in [2.24, 2.45) is 0 Å². The van der Waals surface area contributed by atoms with E-state index >= 15 is 0 Å². The fourth-order valence-electron chi connectivity index (χ4n) is 2.63. The number of halogens is 1. The number of carbonyl (C=O) groups excluding carboxylic acids is 1. The van der Waals surface area contributed by atoms with E-state index in [4.69, 9.17) is 12.2 Å². The van der Waals surface area contributed by atoms with Gasteiger partial charge in [0.05, 0.1) is 4.47 Å². The van der Waals surface area contributed by atoms with E-state index in [0.29, 0.717) is 15.1 Å². The quantitative estimate of drug-likeness (QED) is 0.791. The Hall–Kier alpha value is -1.92. The number of nitrogens with one attached hydrogen (secondary N) is 1. The second kappa shape index (κ2) is 5.37. The molecule has 112 valence electrons. The zero-order valence-electron chi connectivity index (χ0n) is 11.7. The first kappa shape index (κ1) is 15.0. The summed E-state index contributed by atoms with van der Waals surface area (Å²) in [4.78, 5) is 14.4. The van der Waals surface area contributed by atoms with Crippen LogP contribution in [0.3, 0.4) is 0 Å². The maximum Gasteiger partial charge on any atom is 0.263 e. The van der Waals surface area contributed by atoms with Gasteiger partial charge in [-0.25, -0.2) is 0 Å². The molecular formula is C16H13BrN2O2S. The standard InChI is InChI=1S/C16H13BrN2O2S/c1-19-14(21)16(18-15(19)22,10-5-3-2-4-6-10)11-7-8-13(20)12(17)9-11/h2-9,20H,1H3,(H,18,22). The van der Waals surface area contributed by atoms with Crippen molar-refractivity contribution in [1.82, 2.24) is 10.2 Å². The molecule has 1 heterocycles. The summed E-state index contributed by atoms with van der Waals surface area (Å²) in [5.41, 5.74) is 0.424. The molecular weight excluding hydrogens is 364 g/mol. The minimum atomic E-state index is -1.08. The van der Waals surface area contributed by atoms with Gasteiger partial charge < -0.3 is 10.4 Å². The molecule has 1 atom stereocenters. The number of hydrogen-bond acceptors (Lipinski definition) is 3. The van der Waals surface area contributed by atoms with E-state index in [2.05, 4.69) is 21.2 Å². The lowest BCUT2D eigenvalue weighted by molar-refractivity contribution is -0.129. The van der Waals surface area contributed by atoms with E-state index in [1.165, 1.54) is 4.90 Å². The van der Waals surface area contributed by atoms with Crippen molar-refractivity contribution in [1.29, 1.82) is 0 Å². The minimum Gasteiger partial charge on any atom is -0.507 e. The Bertz CT molecular complexity index is 766. The molecule has 1 aliphatic rings. The molecule has 1 amide bonds. The van der Waals surface area contributed by atoms with Gasteiger partial charge in [0.1, 0.15) is 5.75 Å². The molecule has 4 nitrogen and oxygen atoms in total. The van der Waals surface area contributed by atoms with Crippen molar-refractivity contribution < 1.29 is 9.90 Å². The van der Waals surface area contributed by atoms with Crippen LogP contribution in [0.15, 0.2) is 53.0 Å². The third-order valence-electron chi connectivity index (χ3n) is 3.81. The van der Waals surface area contributed by atoms with E-state index in [-0.39, 0.29) is 11.7 Å². The smallest absolute Gasteiger partial charge is 0.263 e. The number of carbonyl (C=O) groups is 1. The molecule has 1 unspecified atom stereocenters. The van der Waals surface area contributed by atoms with Crippen LogP contribution >= 0.6 is 28.1 Å². The van der Waals surface area contributed by atoms with Gasteiger partial charge in [0, 0.05) is 7.05 Å². The van der Waals surface area contributed by atoms with Gasteiger partial charge in [-0.05, 0) is 51.4 Å². The first-order valence-corrected chi connectivity index (χ1v) is 7.82. The average molecular weight is 377 g/mol. The fraction of sp³-hybridized carbons (Fsp3) is 0.125. The van der Waals surface area contributed by atoms with Crippen molar-refractivity contribution in [3.63, 3.8) is 0 Å². The third-order valence-corrected chi connectivity index (χ3v) is 4.82. The Morgan fingerprint density at radius 1 is 1.18 bits per heavy atom. The summed E-state index contributed by atoms with van der Waals surface area (Å²) >= 11 is 8.56. The SMILES string of the molecule is CN1C(=O)C(c2ccccc2)(c2ccc(O)c(Br)c2)NC1=S. The number of benzene rings is 2. The first-order valence-electron chi connectivity index (χ1n) is 6.61. The summed E-state index contributed by atoms with van der Waals surface area (Å²) in [5.74, 6) is -0.0328. The molecule has 22 heavy (non-hydrogen) atoms. The van der Waals surface area contributed by atoms with Gasteiger partial charge in [0.15, 0.2) is 10.7 Å². The monoisotopic (exact) mass is 376 g/mol. The number of phenolic OH excluding ortho intramolecular Hbond substituents is 1. The number of amides is 1. The number of rotatable bonds is 2. The number of phenols is 1. The van der Waals surface area contributed by atoms with E-state index < -0.39 is 5.54 Å². The summed E-state index contributed by atoms with van der Waals surface area (Å²) in [6, 6.07) is 14.4. The van der Waals surface area contributed by atoms with Crippen LogP contribution in [0.2, 0.25) is 0 Å². The maximum absolute atomic E-state index is 12.9. The summed E-state index contributed by atoms with van der Waals surface area (Å²) < 4.78 is 0.523. The predicted octanol–water partition coefficient (Wildman–Crippen LogP) is 2.74. The summed E-state index contributed by atoms with van der Waals surface area (Å²) in [6.07, 6.45) is 0. The highest BCUT2D eigenvalue weighted by Crippen LogP contribution is 2.38. The van der Waals surface area contributed by atoms with Crippen LogP contribution in [0.25, 0.3) is 0 Å². The lowest BCUT2D eigenvalue weighted by atomic mass is 9.82. The molecule has 0 radical (unpaired) electrons. The lowest BCUT2D eigenvalue weighted by Gasteiger charge is -2.28. The van der Waals surface area contributed by atoms with Crippen LogP contribution in [0.4, 0.5) is 0 Å². The van der Waals surface area contributed by atoms with E-state index in [1.54, 1.807) is 25.2 Å². The molecule has 6 heteroatoms. The molecule has 1 aliphatic heterocycles. The Morgan fingerprint density at radius 3 is 2.41 bits per heavy atom. The van der Waals surface area contributed by atoms with Crippen LogP contribution in [0.5, 0.6) is 5.75 Å². The van der Waals surface area contributed by atoms with Crippen molar-refractivity contribution >= 4 is 39.2 Å². The molecule has 1 fully saturated rings. The Balaban J connectivity index is 2.27. The van der Waals surface area contributed by atoms with Gasteiger partial charge in [-0.1, -0.05) is 36.4 Å². The first-order chi connectivity index (χ1) is 10.5. The van der Waals surface area contributed by atoms with E-state index in [1.807, 2.05) is 30.3 Å². The van der Waals surface area contributed by atoms with Crippen molar-refractivity contribution in [3.8, 4) is 5.75 Å². The predicted molar refractivity (Wildman–Crippen MR) is 91.5 cm³/mol. The van der Waals surface area contributed by atoms with Gasteiger partial charge in [-0.2, -0.15) is 0 Å². The second-order valence-corrected chi connectivity index (χ2v) is 6.32. The Labute approximate surface area is 141 Å². The molecule has 1 saturated heterocycles. The second-order valence-electron chi connectivity index (χ2n) is 5.08. The van der Waals surface area contributed by atoms with Gasteiger partial charge in [-0.3, -0.25) is 9.69 Å². The highest BCUT2D eigenvalue weighted by atomic mass is 79.9. The van der Waals surface area contributed by atoms with Crippen LogP contribution in [-0.4, -0.2) is 28.1 Å². The van der Waals surface area contributed by atoms with Crippen molar-refractivity contribution in [3.05, 3.63) is 64.1 Å². The highest BCUT2D eigenvalue weighted by molar-refractivity contribution is 9.10. The molecule has 2 N–H and O–H groups in total. The number of likely N-dealkylation sites (N-methyl/N-ethyl adjacent to an activating group) is 1. The van der Waals surface area contributed by atoms with E-state index in [0.717, 1.165) is 5.56 Å². The number of aromatic hydroxyl groups is 1. The Kier molecular flexibility index (Phi) is 3.66.